The van der Waals surface area contributed by atoms with Gasteiger partial charge in [-0.1, -0.05) is 18.2 Å². The summed E-state index contributed by atoms with van der Waals surface area (Å²) in [5, 5.41) is 2.85. The predicted octanol–water partition coefficient (Wildman–Crippen LogP) is 4.12. The Balaban J connectivity index is 1.49. The third-order valence-electron chi connectivity index (χ3n) is 4.87. The van der Waals surface area contributed by atoms with Gasteiger partial charge in [-0.25, -0.2) is 0 Å². The minimum absolute atomic E-state index is 0.0131. The first kappa shape index (κ1) is 18.6. The molecule has 0 aromatic heterocycles. The molecule has 29 heavy (non-hydrogen) atoms. The van der Waals surface area contributed by atoms with Gasteiger partial charge in [-0.2, -0.15) is 0 Å². The summed E-state index contributed by atoms with van der Waals surface area (Å²) in [7, 11) is 3.07. The van der Waals surface area contributed by atoms with E-state index in [1.807, 2.05) is 36.4 Å². The monoisotopic (exact) mass is 388 g/mol. The van der Waals surface area contributed by atoms with Crippen LogP contribution in [0.25, 0.3) is 0 Å². The Kier molecular flexibility index (Phi) is 4.91. The third kappa shape index (κ3) is 3.65. The number of carbonyl (C=O) groups is 2. The van der Waals surface area contributed by atoms with Crippen molar-refractivity contribution in [3.63, 3.8) is 0 Å². The molecule has 1 heterocycles. The lowest BCUT2D eigenvalue weighted by molar-refractivity contribution is 0.0994. The Morgan fingerprint density at radius 2 is 1.59 bits per heavy atom. The van der Waals surface area contributed by atoms with Gasteiger partial charge < -0.3 is 19.7 Å². The van der Waals surface area contributed by atoms with Gasteiger partial charge in [0.1, 0.15) is 11.5 Å². The lowest BCUT2D eigenvalue weighted by atomic mass is 10.1. The zero-order chi connectivity index (χ0) is 20.4. The molecule has 2 amide bonds. The fourth-order valence-corrected chi connectivity index (χ4v) is 3.33. The van der Waals surface area contributed by atoms with E-state index in [1.54, 1.807) is 35.2 Å². The molecule has 0 fully saturated rings. The lowest BCUT2D eigenvalue weighted by Gasteiger charge is -2.16. The Morgan fingerprint density at radius 3 is 2.21 bits per heavy atom. The van der Waals surface area contributed by atoms with Crippen LogP contribution in [0.2, 0.25) is 0 Å². The molecule has 4 rings (SSSR count). The molecule has 0 radical (unpaired) electrons. The fourth-order valence-electron chi connectivity index (χ4n) is 3.33. The molecule has 1 N–H and O–H groups in total. The number of nitrogens with zero attached hydrogens (tertiary/aromatic N) is 1. The second kappa shape index (κ2) is 7.67. The summed E-state index contributed by atoms with van der Waals surface area (Å²) in [6.45, 7) is 0.546. The molecule has 6 heteroatoms. The molecule has 0 aliphatic carbocycles. The van der Waals surface area contributed by atoms with Crippen molar-refractivity contribution in [3.05, 3.63) is 83.4 Å². The molecule has 0 spiro atoms. The van der Waals surface area contributed by atoms with Crippen LogP contribution in [-0.4, -0.2) is 26.0 Å². The molecule has 1 aliphatic heterocycles. The third-order valence-corrected chi connectivity index (χ3v) is 4.87. The maximum absolute atomic E-state index is 12.6. The van der Waals surface area contributed by atoms with Crippen LogP contribution in [-0.2, 0) is 6.54 Å². The van der Waals surface area contributed by atoms with Crippen molar-refractivity contribution in [1.29, 1.82) is 0 Å². The number of ether oxygens (including phenoxy) is 2. The summed E-state index contributed by atoms with van der Waals surface area (Å²) in [6.07, 6.45) is 0. The van der Waals surface area contributed by atoms with Crippen molar-refractivity contribution < 1.29 is 19.1 Å². The second-order valence-electron chi connectivity index (χ2n) is 6.65. The highest BCUT2D eigenvalue weighted by atomic mass is 16.5. The number of hydrogen-bond acceptors (Lipinski definition) is 4. The topological polar surface area (TPSA) is 67.9 Å². The minimum Gasteiger partial charge on any atom is -0.497 e. The van der Waals surface area contributed by atoms with Gasteiger partial charge in [-0.15, -0.1) is 0 Å². The number of carbonyl (C=O) groups excluding carboxylic acids is 2. The van der Waals surface area contributed by atoms with E-state index in [9.17, 15) is 9.59 Å². The van der Waals surface area contributed by atoms with Gasteiger partial charge >= 0.3 is 0 Å². The van der Waals surface area contributed by atoms with Crippen molar-refractivity contribution in [3.8, 4) is 11.5 Å². The molecule has 0 unspecified atom stereocenters. The van der Waals surface area contributed by atoms with E-state index in [1.165, 1.54) is 14.2 Å². The molecule has 146 valence electrons. The highest BCUT2D eigenvalue weighted by Crippen LogP contribution is 2.29. The molecular weight excluding hydrogens is 368 g/mol. The highest BCUT2D eigenvalue weighted by Gasteiger charge is 2.27. The zero-order valence-corrected chi connectivity index (χ0v) is 16.1. The fraction of sp³-hybridized carbons (Fsp3) is 0.130. The van der Waals surface area contributed by atoms with Crippen LogP contribution in [0, 0.1) is 0 Å². The van der Waals surface area contributed by atoms with Gasteiger partial charge in [0.25, 0.3) is 11.8 Å². The Bertz CT molecular complexity index is 1050. The van der Waals surface area contributed by atoms with E-state index in [2.05, 4.69) is 5.32 Å². The first-order chi connectivity index (χ1) is 14.1. The van der Waals surface area contributed by atoms with E-state index >= 15 is 0 Å². The van der Waals surface area contributed by atoms with Crippen LogP contribution in [0.3, 0.4) is 0 Å². The normalized spacial score (nSPS) is 12.5. The Labute approximate surface area is 168 Å². The second-order valence-corrected chi connectivity index (χ2v) is 6.65. The van der Waals surface area contributed by atoms with E-state index in [-0.39, 0.29) is 11.8 Å². The molecule has 0 atom stereocenters. The summed E-state index contributed by atoms with van der Waals surface area (Å²) >= 11 is 0. The molecule has 1 aliphatic rings. The minimum atomic E-state index is -0.278. The van der Waals surface area contributed by atoms with Crippen LogP contribution < -0.4 is 19.7 Å². The van der Waals surface area contributed by atoms with Gasteiger partial charge in [0, 0.05) is 28.6 Å². The molecule has 0 bridgehead atoms. The van der Waals surface area contributed by atoms with Crippen LogP contribution in [0.1, 0.15) is 26.3 Å². The smallest absolute Gasteiger partial charge is 0.258 e. The lowest BCUT2D eigenvalue weighted by Crippen LogP contribution is -2.22. The number of methoxy groups -OCH3 is 2. The van der Waals surface area contributed by atoms with Gasteiger partial charge in [0.2, 0.25) is 0 Å². The predicted molar refractivity (Wildman–Crippen MR) is 111 cm³/mol. The first-order valence-electron chi connectivity index (χ1n) is 9.13. The Morgan fingerprint density at radius 1 is 0.931 bits per heavy atom. The molecule has 0 saturated carbocycles. The van der Waals surface area contributed by atoms with Gasteiger partial charge in [0.15, 0.2) is 0 Å². The van der Waals surface area contributed by atoms with E-state index in [0.717, 1.165) is 16.8 Å². The summed E-state index contributed by atoms with van der Waals surface area (Å²) in [5.74, 6) is 0.786. The van der Waals surface area contributed by atoms with E-state index < -0.39 is 0 Å². The average molecular weight is 388 g/mol. The van der Waals surface area contributed by atoms with Crippen LogP contribution in [0.4, 0.5) is 11.4 Å². The van der Waals surface area contributed by atoms with Gasteiger partial charge in [-0.3, -0.25) is 9.59 Å². The van der Waals surface area contributed by atoms with Gasteiger partial charge in [-0.05, 0) is 48.0 Å². The quantitative estimate of drug-likeness (QED) is 0.714. The van der Waals surface area contributed by atoms with Crippen molar-refractivity contribution in [2.24, 2.45) is 0 Å². The molecule has 3 aromatic rings. The van der Waals surface area contributed by atoms with Crippen molar-refractivity contribution in [2.75, 3.05) is 24.4 Å². The molecule has 6 nitrogen and oxygen atoms in total. The van der Waals surface area contributed by atoms with E-state index in [4.69, 9.17) is 9.47 Å². The summed E-state index contributed by atoms with van der Waals surface area (Å²) in [5.41, 5.74) is 3.59. The highest BCUT2D eigenvalue weighted by molar-refractivity contribution is 6.10. The van der Waals surface area contributed by atoms with Crippen LogP contribution in [0.15, 0.2) is 66.7 Å². The van der Waals surface area contributed by atoms with Gasteiger partial charge in [0.05, 0.1) is 20.8 Å². The number of benzene rings is 3. The van der Waals surface area contributed by atoms with Crippen LogP contribution >= 0.6 is 0 Å². The summed E-state index contributed by atoms with van der Waals surface area (Å²) in [6, 6.07) is 19.8. The largest absolute Gasteiger partial charge is 0.497 e. The molecule has 3 aromatic carbocycles. The SMILES string of the molecule is COc1cc(OC)cc(C(=O)Nc2ccc(N3Cc4ccccc4C3=O)cc2)c1. The van der Waals surface area contributed by atoms with Crippen molar-refractivity contribution >= 4 is 23.2 Å². The molecule has 0 saturated heterocycles. The average Bonchev–Trinajstić information content (AvgIpc) is 3.10. The first-order valence-corrected chi connectivity index (χ1v) is 9.13. The summed E-state index contributed by atoms with van der Waals surface area (Å²) < 4.78 is 10.4. The number of rotatable bonds is 5. The maximum Gasteiger partial charge on any atom is 0.258 e. The number of fused-ring (bicyclic) bond motifs is 1. The number of amides is 2. The Hall–Kier alpha value is -3.80. The van der Waals surface area contributed by atoms with E-state index in [0.29, 0.717) is 29.3 Å². The summed E-state index contributed by atoms with van der Waals surface area (Å²) in [4.78, 5) is 26.9. The maximum atomic E-state index is 12.6. The number of anilines is 2. The number of nitrogens with one attached hydrogen (secondary N) is 1. The van der Waals surface area contributed by atoms with Crippen molar-refractivity contribution in [2.45, 2.75) is 6.54 Å². The number of hydrogen-bond donors (Lipinski definition) is 1. The zero-order valence-electron chi connectivity index (χ0n) is 16.1. The van der Waals surface area contributed by atoms with Crippen LogP contribution in [0.5, 0.6) is 11.5 Å². The van der Waals surface area contributed by atoms with Crippen molar-refractivity contribution in [1.82, 2.24) is 0 Å². The molecular formula is C23H20N2O4. The standard InChI is InChI=1S/C23H20N2O4/c1-28-19-11-16(12-20(13-19)29-2)22(26)24-17-7-9-18(10-8-17)25-14-15-5-3-4-6-21(15)23(25)27/h3-13H,14H2,1-2H3,(H,24,26).